The smallest absolute Gasteiger partial charge is 0.338 e. The molecule has 3 aromatic rings. The van der Waals surface area contributed by atoms with Crippen LogP contribution in [-0.2, 0) is 23.0 Å². The Labute approximate surface area is 146 Å². The average molecular weight is 360 g/mol. The topological polar surface area (TPSA) is 60.7 Å². The molecule has 2 heterocycles. The van der Waals surface area contributed by atoms with E-state index in [4.69, 9.17) is 4.74 Å². The predicted octanol–water partition coefficient (Wildman–Crippen LogP) is 3.15. The molecule has 124 valence electrons. The van der Waals surface area contributed by atoms with Gasteiger partial charge < -0.3 is 9.30 Å². The summed E-state index contributed by atoms with van der Waals surface area (Å²) in [5.74, 6) is -0.520. The Kier molecular flexibility index (Phi) is 4.92. The van der Waals surface area contributed by atoms with Gasteiger partial charge in [0.15, 0.2) is 4.80 Å². The summed E-state index contributed by atoms with van der Waals surface area (Å²) in [7, 11) is 1.86. The highest BCUT2D eigenvalue weighted by Gasteiger charge is 2.11. The normalized spacial score (nSPS) is 11.8. The quantitative estimate of drug-likeness (QED) is 0.672. The molecule has 0 N–H and O–H groups in total. The number of thiazole rings is 1. The fraction of sp³-hybridized carbons (Fsp3) is 0.235. The number of thiophene rings is 1. The summed E-state index contributed by atoms with van der Waals surface area (Å²) < 4.78 is 7.78. The Morgan fingerprint density at radius 3 is 2.83 bits per heavy atom. The van der Waals surface area contributed by atoms with Crippen molar-refractivity contribution in [3.05, 3.63) is 51.0 Å². The van der Waals surface area contributed by atoms with Gasteiger partial charge in [-0.3, -0.25) is 4.79 Å². The number of amides is 1. The highest BCUT2D eigenvalue weighted by atomic mass is 32.1. The minimum Gasteiger partial charge on any atom is -0.462 e. The van der Waals surface area contributed by atoms with Gasteiger partial charge >= 0.3 is 5.97 Å². The van der Waals surface area contributed by atoms with E-state index in [2.05, 4.69) is 4.99 Å². The Morgan fingerprint density at radius 1 is 1.29 bits per heavy atom. The van der Waals surface area contributed by atoms with E-state index in [0.29, 0.717) is 23.4 Å². The van der Waals surface area contributed by atoms with Gasteiger partial charge in [0.05, 0.1) is 28.8 Å². The number of fused-ring (bicyclic) bond motifs is 1. The predicted molar refractivity (Wildman–Crippen MR) is 95.3 cm³/mol. The summed E-state index contributed by atoms with van der Waals surface area (Å²) in [6, 6.07) is 9.20. The van der Waals surface area contributed by atoms with Gasteiger partial charge in [-0.15, -0.1) is 11.3 Å². The van der Waals surface area contributed by atoms with Crippen molar-refractivity contribution in [1.29, 1.82) is 0 Å². The van der Waals surface area contributed by atoms with Crippen LogP contribution in [0.4, 0.5) is 0 Å². The summed E-state index contributed by atoms with van der Waals surface area (Å²) in [6.45, 7) is 2.12. The molecule has 1 amide bonds. The van der Waals surface area contributed by atoms with Crippen LogP contribution in [0, 0.1) is 0 Å². The first-order chi connectivity index (χ1) is 11.6. The van der Waals surface area contributed by atoms with Crippen molar-refractivity contribution in [2.75, 3.05) is 6.61 Å². The van der Waals surface area contributed by atoms with Crippen molar-refractivity contribution in [3.8, 4) is 0 Å². The van der Waals surface area contributed by atoms with Gasteiger partial charge in [0.1, 0.15) is 0 Å². The number of hydrogen-bond acceptors (Lipinski definition) is 5. The molecule has 0 fully saturated rings. The molecule has 0 saturated carbocycles. The maximum atomic E-state index is 12.1. The van der Waals surface area contributed by atoms with Crippen molar-refractivity contribution < 1.29 is 14.3 Å². The third-order valence-corrected chi connectivity index (χ3v) is 5.42. The molecule has 7 heteroatoms. The zero-order valence-corrected chi connectivity index (χ0v) is 14.9. The zero-order chi connectivity index (χ0) is 17.1. The fourth-order valence-electron chi connectivity index (χ4n) is 2.29. The lowest BCUT2D eigenvalue weighted by Gasteiger charge is -2.01. The van der Waals surface area contributed by atoms with Crippen LogP contribution in [0.15, 0.2) is 40.7 Å². The van der Waals surface area contributed by atoms with E-state index < -0.39 is 0 Å². The van der Waals surface area contributed by atoms with E-state index in [1.165, 1.54) is 11.3 Å². The fourth-order valence-corrected chi connectivity index (χ4v) is 4.06. The maximum Gasteiger partial charge on any atom is 0.338 e. The van der Waals surface area contributed by atoms with Crippen LogP contribution in [0.25, 0.3) is 10.2 Å². The van der Waals surface area contributed by atoms with E-state index in [9.17, 15) is 9.59 Å². The summed E-state index contributed by atoms with van der Waals surface area (Å²) in [5.41, 5.74) is 1.43. The minimum atomic E-state index is -0.345. The number of nitrogens with zero attached hydrogens (tertiary/aromatic N) is 2. The molecular formula is C17H16N2O3S2. The number of rotatable bonds is 4. The standard InChI is InChI=1S/C17H16N2O3S2/c1-3-22-16(21)11-6-7-13-14(9-11)24-17(19(13)2)18-15(20)10-12-5-4-8-23-12/h4-9H,3,10H2,1-2H3. The second-order valence-corrected chi connectivity index (χ2v) is 7.15. The highest BCUT2D eigenvalue weighted by Crippen LogP contribution is 2.19. The summed E-state index contributed by atoms with van der Waals surface area (Å²) >= 11 is 2.93. The molecule has 5 nitrogen and oxygen atoms in total. The molecule has 0 bridgehead atoms. The molecule has 24 heavy (non-hydrogen) atoms. The number of esters is 1. The largest absolute Gasteiger partial charge is 0.462 e. The molecule has 0 aliphatic rings. The van der Waals surface area contributed by atoms with Crippen molar-refractivity contribution in [2.45, 2.75) is 13.3 Å². The van der Waals surface area contributed by atoms with Gasteiger partial charge in [0, 0.05) is 11.9 Å². The average Bonchev–Trinajstić information content (AvgIpc) is 3.16. The molecule has 0 aliphatic carbocycles. The molecular weight excluding hydrogens is 344 g/mol. The summed E-state index contributed by atoms with van der Waals surface area (Å²) in [6.07, 6.45) is 0.306. The number of carbonyl (C=O) groups excluding carboxylic acids is 2. The third kappa shape index (κ3) is 3.47. The van der Waals surface area contributed by atoms with Crippen LogP contribution in [0.2, 0.25) is 0 Å². The van der Waals surface area contributed by atoms with Crippen molar-refractivity contribution >= 4 is 44.8 Å². The molecule has 0 radical (unpaired) electrons. The van der Waals surface area contributed by atoms with E-state index in [0.717, 1.165) is 15.1 Å². The molecule has 3 rings (SSSR count). The lowest BCUT2D eigenvalue weighted by Crippen LogP contribution is -2.13. The SMILES string of the molecule is CCOC(=O)c1ccc2c(c1)sc(=NC(=O)Cc1cccs1)n2C. The molecule has 0 atom stereocenters. The lowest BCUT2D eigenvalue weighted by molar-refractivity contribution is -0.117. The van der Waals surface area contributed by atoms with Crippen LogP contribution in [0.3, 0.4) is 0 Å². The molecule has 0 unspecified atom stereocenters. The van der Waals surface area contributed by atoms with Crippen LogP contribution in [-0.4, -0.2) is 23.1 Å². The van der Waals surface area contributed by atoms with Crippen LogP contribution in [0.1, 0.15) is 22.2 Å². The second-order valence-electron chi connectivity index (χ2n) is 5.11. The first kappa shape index (κ1) is 16.6. The Morgan fingerprint density at radius 2 is 2.12 bits per heavy atom. The van der Waals surface area contributed by atoms with E-state index in [1.54, 1.807) is 30.4 Å². The Balaban J connectivity index is 1.94. The highest BCUT2D eigenvalue weighted by molar-refractivity contribution is 7.16. The third-order valence-electron chi connectivity index (χ3n) is 3.45. The summed E-state index contributed by atoms with van der Waals surface area (Å²) in [4.78, 5) is 29.8. The number of carbonyl (C=O) groups is 2. The lowest BCUT2D eigenvalue weighted by atomic mass is 10.2. The molecule has 0 spiro atoms. The number of aryl methyl sites for hydroxylation is 1. The summed E-state index contributed by atoms with van der Waals surface area (Å²) in [5, 5.41) is 1.94. The number of aromatic nitrogens is 1. The number of hydrogen-bond donors (Lipinski definition) is 0. The van der Waals surface area contributed by atoms with Crippen LogP contribution < -0.4 is 4.80 Å². The first-order valence-corrected chi connectivity index (χ1v) is 9.14. The van der Waals surface area contributed by atoms with E-state index >= 15 is 0 Å². The molecule has 2 aromatic heterocycles. The van der Waals surface area contributed by atoms with Gasteiger partial charge in [-0.05, 0) is 36.6 Å². The minimum absolute atomic E-state index is 0.176. The first-order valence-electron chi connectivity index (χ1n) is 7.45. The molecule has 1 aromatic carbocycles. The monoisotopic (exact) mass is 360 g/mol. The second kappa shape index (κ2) is 7.11. The van der Waals surface area contributed by atoms with Gasteiger partial charge in [-0.1, -0.05) is 17.4 Å². The van der Waals surface area contributed by atoms with Gasteiger partial charge in [0.2, 0.25) is 0 Å². The van der Waals surface area contributed by atoms with Crippen LogP contribution >= 0.6 is 22.7 Å². The van der Waals surface area contributed by atoms with Gasteiger partial charge in [-0.2, -0.15) is 4.99 Å². The number of benzene rings is 1. The number of ether oxygens (including phenoxy) is 1. The molecule has 0 aliphatic heterocycles. The van der Waals surface area contributed by atoms with Crippen molar-refractivity contribution in [1.82, 2.24) is 4.57 Å². The van der Waals surface area contributed by atoms with E-state index in [1.807, 2.05) is 35.2 Å². The van der Waals surface area contributed by atoms with Gasteiger partial charge in [0.25, 0.3) is 5.91 Å². The Hall–Kier alpha value is -2.25. The zero-order valence-electron chi connectivity index (χ0n) is 13.3. The van der Waals surface area contributed by atoms with Crippen molar-refractivity contribution in [3.63, 3.8) is 0 Å². The van der Waals surface area contributed by atoms with Gasteiger partial charge in [-0.25, -0.2) is 4.79 Å². The van der Waals surface area contributed by atoms with Crippen LogP contribution in [0.5, 0.6) is 0 Å². The maximum absolute atomic E-state index is 12.1. The molecule has 0 saturated heterocycles. The van der Waals surface area contributed by atoms with Crippen molar-refractivity contribution in [2.24, 2.45) is 12.0 Å². The van der Waals surface area contributed by atoms with E-state index in [-0.39, 0.29) is 11.9 Å². The Bertz CT molecular complexity index is 952.